The summed E-state index contributed by atoms with van der Waals surface area (Å²) in [7, 11) is 0. The molecule has 2 rings (SSSR count). The third-order valence-corrected chi connectivity index (χ3v) is 4.95. The van der Waals surface area contributed by atoms with Gasteiger partial charge >= 0.3 is 0 Å². The Kier molecular flexibility index (Phi) is 5.49. The molecule has 118 valence electrons. The smallest absolute Gasteiger partial charge is 0.0244 e. The lowest BCUT2D eigenvalue weighted by atomic mass is 9.95. The number of rotatable bonds is 4. The second kappa shape index (κ2) is 6.76. The Hall–Kier alpha value is -0.120. The predicted octanol–water partition coefficient (Wildman–Crippen LogP) is 2.57. The molecule has 0 spiro atoms. The Balaban J connectivity index is 1.92. The molecule has 3 heteroatoms. The number of piperidine rings is 1. The molecule has 3 nitrogen and oxygen atoms in total. The van der Waals surface area contributed by atoms with E-state index in [0.717, 1.165) is 18.5 Å². The van der Waals surface area contributed by atoms with E-state index in [1.54, 1.807) is 0 Å². The largest absolute Gasteiger partial charge is 0.311 e. The molecule has 0 amide bonds. The predicted molar refractivity (Wildman–Crippen MR) is 87.2 cm³/mol. The number of piperazine rings is 1. The van der Waals surface area contributed by atoms with E-state index in [2.05, 4.69) is 49.7 Å². The van der Waals surface area contributed by atoms with E-state index < -0.39 is 0 Å². The molecule has 0 bridgehead atoms. The summed E-state index contributed by atoms with van der Waals surface area (Å²) in [6.07, 6.45) is 4.26. The fourth-order valence-electron chi connectivity index (χ4n) is 3.68. The van der Waals surface area contributed by atoms with Gasteiger partial charge in [0.2, 0.25) is 0 Å². The third-order valence-electron chi connectivity index (χ3n) is 4.95. The van der Waals surface area contributed by atoms with Crippen LogP contribution in [0.4, 0.5) is 0 Å². The average Bonchev–Trinajstić information content (AvgIpc) is 2.37. The zero-order valence-corrected chi connectivity index (χ0v) is 14.3. The number of nitrogens with one attached hydrogen (secondary N) is 1. The van der Waals surface area contributed by atoms with Crippen LogP contribution in [0.25, 0.3) is 0 Å². The van der Waals surface area contributed by atoms with Crippen LogP contribution in [0, 0.1) is 5.92 Å². The van der Waals surface area contributed by atoms with E-state index in [1.165, 1.54) is 45.4 Å². The Morgan fingerprint density at radius 1 is 1.10 bits per heavy atom. The van der Waals surface area contributed by atoms with Crippen molar-refractivity contribution in [1.82, 2.24) is 15.1 Å². The van der Waals surface area contributed by atoms with Crippen molar-refractivity contribution < 1.29 is 0 Å². The third kappa shape index (κ3) is 4.44. The highest BCUT2D eigenvalue weighted by atomic mass is 15.3. The van der Waals surface area contributed by atoms with Gasteiger partial charge in [-0.05, 0) is 46.1 Å². The zero-order valence-electron chi connectivity index (χ0n) is 14.3. The lowest BCUT2D eigenvalue weighted by molar-refractivity contribution is 0.0150. The summed E-state index contributed by atoms with van der Waals surface area (Å²) in [5.41, 5.74) is 0.222. The van der Waals surface area contributed by atoms with Crippen LogP contribution in [0.1, 0.15) is 53.9 Å². The van der Waals surface area contributed by atoms with Crippen LogP contribution in [0.3, 0.4) is 0 Å². The average molecular weight is 281 g/mol. The molecule has 2 heterocycles. The first-order valence-electron chi connectivity index (χ1n) is 8.60. The molecule has 0 aliphatic carbocycles. The molecule has 2 atom stereocenters. The standard InChI is InChI=1S/C17H35N3/c1-14(2)16(12-18-17(3,4)5)20-11-10-19-9-7-6-8-15(19)13-20/h14-16,18H,6-13H2,1-5H3. The highest BCUT2D eigenvalue weighted by molar-refractivity contribution is 4.90. The minimum Gasteiger partial charge on any atom is -0.311 e. The first kappa shape index (κ1) is 16.3. The second-order valence-electron chi connectivity index (χ2n) is 8.12. The maximum Gasteiger partial charge on any atom is 0.0244 e. The number of hydrogen-bond acceptors (Lipinski definition) is 3. The van der Waals surface area contributed by atoms with E-state index in [0.29, 0.717) is 6.04 Å². The summed E-state index contributed by atoms with van der Waals surface area (Å²) in [5, 5.41) is 3.72. The van der Waals surface area contributed by atoms with Gasteiger partial charge in [0.15, 0.2) is 0 Å². The van der Waals surface area contributed by atoms with E-state index in [9.17, 15) is 0 Å². The van der Waals surface area contributed by atoms with Crippen molar-refractivity contribution in [3.8, 4) is 0 Å². The van der Waals surface area contributed by atoms with Crippen LogP contribution < -0.4 is 5.32 Å². The summed E-state index contributed by atoms with van der Waals surface area (Å²) in [6, 6.07) is 1.51. The van der Waals surface area contributed by atoms with Gasteiger partial charge in [0.05, 0.1) is 0 Å². The molecule has 2 aliphatic heterocycles. The van der Waals surface area contributed by atoms with E-state index in [4.69, 9.17) is 0 Å². The summed E-state index contributed by atoms with van der Waals surface area (Å²) in [4.78, 5) is 5.49. The normalized spacial score (nSPS) is 27.6. The monoisotopic (exact) mass is 281 g/mol. The van der Waals surface area contributed by atoms with Crippen LogP contribution in [0.5, 0.6) is 0 Å². The number of nitrogens with zero attached hydrogens (tertiary/aromatic N) is 2. The quantitative estimate of drug-likeness (QED) is 0.854. The molecule has 0 saturated carbocycles. The molecule has 2 saturated heterocycles. The Morgan fingerprint density at radius 3 is 2.50 bits per heavy atom. The number of hydrogen-bond donors (Lipinski definition) is 1. The van der Waals surface area contributed by atoms with Crippen molar-refractivity contribution >= 4 is 0 Å². The minimum atomic E-state index is 0.222. The van der Waals surface area contributed by atoms with Gasteiger partial charge in [-0.15, -0.1) is 0 Å². The highest BCUT2D eigenvalue weighted by Crippen LogP contribution is 2.24. The molecule has 2 aliphatic rings. The Labute approximate surface area is 126 Å². The van der Waals surface area contributed by atoms with Crippen molar-refractivity contribution in [2.75, 3.05) is 32.7 Å². The molecule has 0 aromatic carbocycles. The molecule has 0 radical (unpaired) electrons. The van der Waals surface area contributed by atoms with Gasteiger partial charge in [-0.3, -0.25) is 9.80 Å². The molecular weight excluding hydrogens is 246 g/mol. The fourth-order valence-corrected chi connectivity index (χ4v) is 3.68. The second-order valence-corrected chi connectivity index (χ2v) is 8.12. The summed E-state index contributed by atoms with van der Waals surface area (Å²) in [5.74, 6) is 0.722. The molecule has 20 heavy (non-hydrogen) atoms. The molecule has 0 aromatic rings. The molecule has 2 fully saturated rings. The lowest BCUT2D eigenvalue weighted by Gasteiger charge is -2.48. The van der Waals surface area contributed by atoms with Crippen molar-refractivity contribution in [2.24, 2.45) is 5.92 Å². The topological polar surface area (TPSA) is 18.5 Å². The van der Waals surface area contributed by atoms with Crippen molar-refractivity contribution in [3.63, 3.8) is 0 Å². The SMILES string of the molecule is CC(C)C(CNC(C)(C)C)N1CCN2CCCCC2C1. The van der Waals surface area contributed by atoms with Crippen LogP contribution in [0.2, 0.25) is 0 Å². The first-order valence-corrected chi connectivity index (χ1v) is 8.60. The van der Waals surface area contributed by atoms with Gasteiger partial charge in [0, 0.05) is 43.8 Å². The van der Waals surface area contributed by atoms with Crippen LogP contribution >= 0.6 is 0 Å². The summed E-state index contributed by atoms with van der Waals surface area (Å²) in [6.45, 7) is 17.8. The highest BCUT2D eigenvalue weighted by Gasteiger charge is 2.33. The minimum absolute atomic E-state index is 0.222. The number of fused-ring (bicyclic) bond motifs is 1. The van der Waals surface area contributed by atoms with Crippen LogP contribution in [-0.2, 0) is 0 Å². The van der Waals surface area contributed by atoms with Gasteiger partial charge in [0.1, 0.15) is 0 Å². The molecule has 1 N–H and O–H groups in total. The van der Waals surface area contributed by atoms with Gasteiger partial charge in [-0.25, -0.2) is 0 Å². The van der Waals surface area contributed by atoms with Crippen LogP contribution in [-0.4, -0.2) is 60.1 Å². The van der Waals surface area contributed by atoms with Gasteiger partial charge in [-0.2, -0.15) is 0 Å². The Morgan fingerprint density at radius 2 is 1.85 bits per heavy atom. The fraction of sp³-hybridized carbons (Fsp3) is 1.00. The van der Waals surface area contributed by atoms with Gasteiger partial charge < -0.3 is 5.32 Å². The van der Waals surface area contributed by atoms with Gasteiger partial charge in [-0.1, -0.05) is 20.3 Å². The van der Waals surface area contributed by atoms with Crippen molar-refractivity contribution in [2.45, 2.75) is 71.5 Å². The van der Waals surface area contributed by atoms with Crippen molar-refractivity contribution in [1.29, 1.82) is 0 Å². The van der Waals surface area contributed by atoms with Crippen molar-refractivity contribution in [3.05, 3.63) is 0 Å². The summed E-state index contributed by atoms with van der Waals surface area (Å²) >= 11 is 0. The molecule has 2 unspecified atom stereocenters. The first-order chi connectivity index (χ1) is 9.37. The maximum atomic E-state index is 3.72. The molecular formula is C17H35N3. The van der Waals surface area contributed by atoms with E-state index >= 15 is 0 Å². The van der Waals surface area contributed by atoms with E-state index in [-0.39, 0.29) is 5.54 Å². The summed E-state index contributed by atoms with van der Waals surface area (Å²) < 4.78 is 0. The van der Waals surface area contributed by atoms with Crippen LogP contribution in [0.15, 0.2) is 0 Å². The lowest BCUT2D eigenvalue weighted by Crippen LogP contribution is -2.60. The van der Waals surface area contributed by atoms with E-state index in [1.807, 2.05) is 0 Å². The zero-order chi connectivity index (χ0) is 14.8. The maximum absolute atomic E-state index is 3.72. The Bertz CT molecular complexity index is 295. The van der Waals surface area contributed by atoms with Gasteiger partial charge in [0.25, 0.3) is 0 Å². The molecule has 0 aromatic heterocycles.